The van der Waals surface area contributed by atoms with Gasteiger partial charge >= 0.3 is 0 Å². The Balaban J connectivity index is 1.70. The minimum Gasteiger partial charge on any atom is -0.493 e. The second-order valence-electron chi connectivity index (χ2n) is 5.95. The van der Waals surface area contributed by atoms with Crippen molar-refractivity contribution in [1.29, 1.82) is 0 Å². The maximum atomic E-state index is 5.94. The molecule has 3 rings (SSSR count). The Morgan fingerprint density at radius 1 is 1.27 bits per heavy atom. The molecule has 1 atom stereocenters. The zero-order valence-corrected chi connectivity index (χ0v) is 13.4. The number of aromatic nitrogens is 1. The van der Waals surface area contributed by atoms with Crippen LogP contribution in [0, 0.1) is 5.92 Å². The first-order chi connectivity index (χ1) is 10.7. The number of methoxy groups -OCH3 is 1. The summed E-state index contributed by atoms with van der Waals surface area (Å²) in [5.74, 6) is 3.20. The van der Waals surface area contributed by atoms with E-state index in [0.29, 0.717) is 5.92 Å². The van der Waals surface area contributed by atoms with Crippen molar-refractivity contribution in [3.8, 4) is 11.5 Å². The molecule has 1 aliphatic rings. The smallest absolute Gasteiger partial charge is 0.164 e. The van der Waals surface area contributed by atoms with Crippen molar-refractivity contribution in [2.24, 2.45) is 5.92 Å². The minimum atomic E-state index is 0.478. The van der Waals surface area contributed by atoms with Crippen LogP contribution in [0.2, 0.25) is 0 Å². The highest BCUT2D eigenvalue weighted by atomic mass is 16.5. The zero-order valence-electron chi connectivity index (χ0n) is 13.4. The van der Waals surface area contributed by atoms with Crippen molar-refractivity contribution in [3.05, 3.63) is 47.7 Å². The van der Waals surface area contributed by atoms with Gasteiger partial charge in [-0.2, -0.15) is 0 Å². The summed E-state index contributed by atoms with van der Waals surface area (Å²) in [5.41, 5.74) is 2.49. The molecule has 116 valence electrons. The number of hydrogen-bond acceptors (Lipinski definition) is 4. The van der Waals surface area contributed by atoms with E-state index in [1.165, 1.54) is 11.1 Å². The summed E-state index contributed by atoms with van der Waals surface area (Å²) < 4.78 is 11.3. The molecule has 0 bridgehead atoms. The molecule has 22 heavy (non-hydrogen) atoms. The summed E-state index contributed by atoms with van der Waals surface area (Å²) in [6.07, 6.45) is 3.97. The molecular weight excluding hydrogens is 276 g/mol. The summed E-state index contributed by atoms with van der Waals surface area (Å²) in [4.78, 5) is 6.49. The van der Waals surface area contributed by atoms with Gasteiger partial charge < -0.3 is 14.4 Å². The molecule has 0 fully saturated rings. The van der Waals surface area contributed by atoms with Crippen molar-refractivity contribution >= 4 is 5.82 Å². The molecule has 0 saturated carbocycles. The molecule has 4 nitrogen and oxygen atoms in total. The highest BCUT2D eigenvalue weighted by Gasteiger charge is 2.22. The SMILES string of the molecule is COc1cccc2c1OC[C@@H](Cc1ccc(N(C)C)nc1)C2. The second-order valence-corrected chi connectivity index (χ2v) is 5.95. The van der Waals surface area contributed by atoms with Crippen LogP contribution in [0.5, 0.6) is 11.5 Å². The van der Waals surface area contributed by atoms with Crippen LogP contribution in [-0.2, 0) is 12.8 Å². The monoisotopic (exact) mass is 298 g/mol. The van der Waals surface area contributed by atoms with Crippen molar-refractivity contribution in [3.63, 3.8) is 0 Å². The fraction of sp³-hybridized carbons (Fsp3) is 0.389. The predicted molar refractivity (Wildman–Crippen MR) is 88.0 cm³/mol. The zero-order chi connectivity index (χ0) is 15.5. The van der Waals surface area contributed by atoms with E-state index in [9.17, 15) is 0 Å². The van der Waals surface area contributed by atoms with Gasteiger partial charge in [-0.15, -0.1) is 0 Å². The van der Waals surface area contributed by atoms with Gasteiger partial charge in [0, 0.05) is 26.2 Å². The predicted octanol–water partition coefficient (Wildman–Crippen LogP) is 2.95. The third-order valence-corrected chi connectivity index (χ3v) is 4.04. The van der Waals surface area contributed by atoms with Crippen molar-refractivity contribution in [1.82, 2.24) is 4.98 Å². The lowest BCUT2D eigenvalue weighted by atomic mass is 9.91. The van der Waals surface area contributed by atoms with Gasteiger partial charge in [-0.25, -0.2) is 4.98 Å². The van der Waals surface area contributed by atoms with Gasteiger partial charge in [0.2, 0.25) is 0 Å². The first kappa shape index (κ1) is 14.7. The van der Waals surface area contributed by atoms with Gasteiger partial charge in [0.15, 0.2) is 11.5 Å². The fourth-order valence-corrected chi connectivity index (χ4v) is 2.88. The van der Waals surface area contributed by atoms with E-state index in [4.69, 9.17) is 9.47 Å². The Morgan fingerprint density at radius 3 is 2.82 bits per heavy atom. The first-order valence-corrected chi connectivity index (χ1v) is 7.58. The highest BCUT2D eigenvalue weighted by molar-refractivity contribution is 5.48. The van der Waals surface area contributed by atoms with Gasteiger partial charge in [-0.05, 0) is 36.1 Å². The molecule has 0 saturated heterocycles. The Bertz CT molecular complexity index is 638. The Labute approximate surface area is 131 Å². The molecule has 1 aromatic heterocycles. The third kappa shape index (κ3) is 3.01. The Morgan fingerprint density at radius 2 is 2.14 bits per heavy atom. The molecule has 2 heterocycles. The van der Waals surface area contributed by atoms with Gasteiger partial charge in [-0.3, -0.25) is 0 Å². The number of pyridine rings is 1. The molecule has 1 aromatic carbocycles. The normalized spacial score (nSPS) is 16.6. The number of hydrogen-bond donors (Lipinski definition) is 0. The molecule has 0 N–H and O–H groups in total. The topological polar surface area (TPSA) is 34.6 Å². The summed E-state index contributed by atoms with van der Waals surface area (Å²) >= 11 is 0. The van der Waals surface area contributed by atoms with Crippen molar-refractivity contribution < 1.29 is 9.47 Å². The lowest BCUT2D eigenvalue weighted by Crippen LogP contribution is -2.23. The van der Waals surface area contributed by atoms with E-state index in [-0.39, 0.29) is 0 Å². The van der Waals surface area contributed by atoms with Crippen LogP contribution >= 0.6 is 0 Å². The average molecular weight is 298 g/mol. The van der Waals surface area contributed by atoms with E-state index >= 15 is 0 Å². The number of nitrogens with zero attached hydrogens (tertiary/aromatic N) is 2. The van der Waals surface area contributed by atoms with Gasteiger partial charge in [0.1, 0.15) is 5.82 Å². The number of rotatable bonds is 4. The molecule has 0 radical (unpaired) electrons. The number of anilines is 1. The maximum Gasteiger partial charge on any atom is 0.164 e. The molecule has 0 spiro atoms. The maximum absolute atomic E-state index is 5.94. The fourth-order valence-electron chi connectivity index (χ4n) is 2.88. The minimum absolute atomic E-state index is 0.478. The summed E-state index contributed by atoms with van der Waals surface area (Å²) in [7, 11) is 5.69. The number of ether oxygens (including phenoxy) is 2. The van der Waals surface area contributed by atoms with Crippen LogP contribution in [0.1, 0.15) is 11.1 Å². The van der Waals surface area contributed by atoms with E-state index in [2.05, 4.69) is 23.2 Å². The number of fused-ring (bicyclic) bond motifs is 1. The van der Waals surface area contributed by atoms with Crippen molar-refractivity contribution in [2.45, 2.75) is 12.8 Å². The molecule has 1 aliphatic heterocycles. The van der Waals surface area contributed by atoms with Gasteiger partial charge in [0.05, 0.1) is 13.7 Å². The van der Waals surface area contributed by atoms with E-state index < -0.39 is 0 Å². The van der Waals surface area contributed by atoms with Crippen LogP contribution in [0.15, 0.2) is 36.5 Å². The van der Waals surface area contributed by atoms with E-state index in [1.807, 2.05) is 37.3 Å². The second kappa shape index (κ2) is 6.26. The highest BCUT2D eigenvalue weighted by Crippen LogP contribution is 2.36. The van der Waals surface area contributed by atoms with Crippen LogP contribution in [0.3, 0.4) is 0 Å². The van der Waals surface area contributed by atoms with Gasteiger partial charge in [-0.1, -0.05) is 18.2 Å². The van der Waals surface area contributed by atoms with Crippen LogP contribution in [0.4, 0.5) is 5.82 Å². The molecule has 0 amide bonds. The Kier molecular flexibility index (Phi) is 4.18. The number of benzene rings is 1. The molecular formula is C18H22N2O2. The summed E-state index contributed by atoms with van der Waals surface area (Å²) in [5, 5.41) is 0. The third-order valence-electron chi connectivity index (χ3n) is 4.04. The van der Waals surface area contributed by atoms with Crippen LogP contribution in [-0.4, -0.2) is 32.8 Å². The van der Waals surface area contributed by atoms with Crippen LogP contribution < -0.4 is 14.4 Å². The Hall–Kier alpha value is -2.23. The standard InChI is InChI=1S/C18H22N2O2/c1-20(2)17-8-7-13(11-19-17)9-14-10-15-5-4-6-16(21-3)18(15)22-12-14/h4-8,11,14H,9-10,12H2,1-3H3/t14-/m0/s1. The first-order valence-electron chi connectivity index (χ1n) is 7.58. The molecule has 0 aliphatic carbocycles. The van der Waals surface area contributed by atoms with Crippen LogP contribution in [0.25, 0.3) is 0 Å². The summed E-state index contributed by atoms with van der Waals surface area (Å²) in [6.45, 7) is 0.725. The largest absolute Gasteiger partial charge is 0.493 e. The lowest BCUT2D eigenvalue weighted by Gasteiger charge is -2.26. The number of para-hydroxylation sites is 1. The van der Waals surface area contributed by atoms with E-state index in [0.717, 1.165) is 36.8 Å². The molecule has 2 aromatic rings. The molecule has 4 heteroatoms. The van der Waals surface area contributed by atoms with Crippen molar-refractivity contribution in [2.75, 3.05) is 32.7 Å². The quantitative estimate of drug-likeness (QED) is 0.869. The van der Waals surface area contributed by atoms with E-state index in [1.54, 1.807) is 7.11 Å². The molecule has 0 unspecified atom stereocenters. The van der Waals surface area contributed by atoms with Gasteiger partial charge in [0.25, 0.3) is 0 Å². The average Bonchev–Trinajstić information content (AvgIpc) is 2.54. The summed E-state index contributed by atoms with van der Waals surface area (Å²) in [6, 6.07) is 10.3. The lowest BCUT2D eigenvalue weighted by molar-refractivity contribution is 0.211.